The lowest BCUT2D eigenvalue weighted by molar-refractivity contribution is 0.200. The fourth-order valence-corrected chi connectivity index (χ4v) is 4.84. The molecule has 0 spiro atoms. The van der Waals surface area contributed by atoms with Crippen LogP contribution in [0.3, 0.4) is 0 Å². The van der Waals surface area contributed by atoms with E-state index >= 15 is 0 Å². The molecule has 2 aromatic carbocycles. The molecule has 2 aromatic rings. The second kappa shape index (κ2) is 9.00. The summed E-state index contributed by atoms with van der Waals surface area (Å²) in [6, 6.07) is 15.5. The molecule has 28 heavy (non-hydrogen) atoms. The first-order valence-electron chi connectivity index (χ1n) is 10.8. The normalized spacial score (nSPS) is 22.9. The highest BCUT2D eigenvalue weighted by molar-refractivity contribution is 5.44. The lowest BCUT2D eigenvalue weighted by Crippen LogP contribution is -2.36. The molecule has 4 rings (SSSR count). The third-order valence-electron chi connectivity index (χ3n) is 6.30. The Hall–Kier alpha value is -2.00. The van der Waals surface area contributed by atoms with Gasteiger partial charge in [-0.1, -0.05) is 35.9 Å². The summed E-state index contributed by atoms with van der Waals surface area (Å²) in [5.74, 6) is 2.98. The number of hydrogen-bond donors (Lipinski definition) is 1. The van der Waals surface area contributed by atoms with Crippen LogP contribution in [0, 0.1) is 12.8 Å². The third-order valence-corrected chi connectivity index (χ3v) is 6.30. The third kappa shape index (κ3) is 4.70. The van der Waals surface area contributed by atoms with Gasteiger partial charge in [-0.25, -0.2) is 0 Å². The minimum Gasteiger partial charge on any atom is -0.493 e. The average molecular weight is 380 g/mol. The Balaban J connectivity index is 1.46. The molecular formula is C25H33NO2. The van der Waals surface area contributed by atoms with Gasteiger partial charge in [0.05, 0.1) is 13.2 Å². The molecule has 2 aliphatic rings. The Bertz CT molecular complexity index is 782. The number of benzene rings is 2. The standard InChI is InChI=1S/C25H33NO2/c1-18-6-5-7-19(12-18)13-20-14-22(17-26-16-20)21-10-11-24(27-2)25(15-21)28-23-8-3-4-9-23/h5-7,10-12,15,20,22-23,26H,3-4,8-9,13-14,16-17H2,1-2H3/t20-,22-/m1/s1. The van der Waals surface area contributed by atoms with Gasteiger partial charge in [-0.2, -0.15) is 0 Å². The van der Waals surface area contributed by atoms with Gasteiger partial charge in [0.15, 0.2) is 11.5 Å². The summed E-state index contributed by atoms with van der Waals surface area (Å²) < 4.78 is 11.9. The van der Waals surface area contributed by atoms with Crippen LogP contribution in [0.4, 0.5) is 0 Å². The fourth-order valence-electron chi connectivity index (χ4n) is 4.84. The number of methoxy groups -OCH3 is 1. The topological polar surface area (TPSA) is 30.5 Å². The summed E-state index contributed by atoms with van der Waals surface area (Å²) in [7, 11) is 1.73. The molecule has 2 atom stereocenters. The van der Waals surface area contributed by atoms with Gasteiger partial charge < -0.3 is 14.8 Å². The number of rotatable bonds is 6. The van der Waals surface area contributed by atoms with Gasteiger partial charge in [-0.15, -0.1) is 0 Å². The summed E-state index contributed by atoms with van der Waals surface area (Å²) in [4.78, 5) is 0. The summed E-state index contributed by atoms with van der Waals surface area (Å²) in [5.41, 5.74) is 4.17. The van der Waals surface area contributed by atoms with E-state index in [0.29, 0.717) is 17.9 Å². The average Bonchev–Trinajstić information content (AvgIpc) is 3.21. The molecule has 150 valence electrons. The molecule has 0 bridgehead atoms. The van der Waals surface area contributed by atoms with Crippen molar-refractivity contribution in [1.82, 2.24) is 5.32 Å². The molecular weight excluding hydrogens is 346 g/mol. The predicted molar refractivity (Wildman–Crippen MR) is 114 cm³/mol. The minimum absolute atomic E-state index is 0.350. The maximum absolute atomic E-state index is 6.32. The van der Waals surface area contributed by atoms with Crippen LogP contribution < -0.4 is 14.8 Å². The Kier molecular flexibility index (Phi) is 6.21. The van der Waals surface area contributed by atoms with Crippen molar-refractivity contribution in [3.63, 3.8) is 0 Å². The second-order valence-corrected chi connectivity index (χ2v) is 8.58. The van der Waals surface area contributed by atoms with E-state index in [-0.39, 0.29) is 0 Å². The lowest BCUT2D eigenvalue weighted by Gasteiger charge is -2.31. The van der Waals surface area contributed by atoms with E-state index in [0.717, 1.165) is 43.9 Å². The molecule has 0 aromatic heterocycles. The zero-order valence-electron chi connectivity index (χ0n) is 17.2. The molecule has 3 nitrogen and oxygen atoms in total. The molecule has 1 saturated carbocycles. The van der Waals surface area contributed by atoms with Crippen molar-refractivity contribution in [2.45, 2.75) is 57.5 Å². The van der Waals surface area contributed by atoms with Crippen molar-refractivity contribution in [3.05, 3.63) is 59.2 Å². The lowest BCUT2D eigenvalue weighted by atomic mass is 9.82. The van der Waals surface area contributed by atoms with Crippen LogP contribution >= 0.6 is 0 Å². The molecule has 3 heteroatoms. The van der Waals surface area contributed by atoms with Gasteiger partial charge in [-0.05, 0) is 87.1 Å². The van der Waals surface area contributed by atoms with Crippen LogP contribution in [-0.4, -0.2) is 26.3 Å². The molecule has 1 aliphatic heterocycles. The Morgan fingerprint density at radius 1 is 1.00 bits per heavy atom. The van der Waals surface area contributed by atoms with Crippen molar-refractivity contribution >= 4 is 0 Å². The zero-order valence-corrected chi connectivity index (χ0v) is 17.2. The number of piperidine rings is 1. The first-order chi connectivity index (χ1) is 13.7. The molecule has 1 N–H and O–H groups in total. The van der Waals surface area contributed by atoms with Gasteiger partial charge in [0.2, 0.25) is 0 Å². The van der Waals surface area contributed by atoms with Crippen LogP contribution in [0.5, 0.6) is 11.5 Å². The summed E-state index contributed by atoms with van der Waals surface area (Å²) in [5, 5.41) is 3.67. The van der Waals surface area contributed by atoms with Crippen LogP contribution in [0.2, 0.25) is 0 Å². The first-order valence-corrected chi connectivity index (χ1v) is 10.8. The molecule has 0 radical (unpaired) electrons. The van der Waals surface area contributed by atoms with E-state index in [4.69, 9.17) is 9.47 Å². The highest BCUT2D eigenvalue weighted by Gasteiger charge is 2.25. The van der Waals surface area contributed by atoms with E-state index in [9.17, 15) is 0 Å². The Morgan fingerprint density at radius 2 is 1.86 bits per heavy atom. The molecule has 0 amide bonds. The smallest absolute Gasteiger partial charge is 0.161 e. The number of hydrogen-bond acceptors (Lipinski definition) is 3. The van der Waals surface area contributed by atoms with Crippen LogP contribution in [-0.2, 0) is 6.42 Å². The Morgan fingerprint density at radius 3 is 2.64 bits per heavy atom. The van der Waals surface area contributed by atoms with Crippen molar-refractivity contribution in [3.8, 4) is 11.5 Å². The number of ether oxygens (including phenoxy) is 2. The van der Waals surface area contributed by atoms with Gasteiger partial charge in [0, 0.05) is 6.54 Å². The van der Waals surface area contributed by atoms with Gasteiger partial charge in [0.25, 0.3) is 0 Å². The highest BCUT2D eigenvalue weighted by Crippen LogP contribution is 2.36. The SMILES string of the molecule is COc1ccc([C@H]2CNC[C@H](Cc3cccc(C)c3)C2)cc1OC1CCCC1. The van der Waals surface area contributed by atoms with Crippen molar-refractivity contribution in [2.75, 3.05) is 20.2 Å². The van der Waals surface area contributed by atoms with E-state index in [2.05, 4.69) is 54.7 Å². The maximum atomic E-state index is 6.32. The van der Waals surface area contributed by atoms with Gasteiger partial charge in [-0.3, -0.25) is 0 Å². The minimum atomic E-state index is 0.350. The summed E-state index contributed by atoms with van der Waals surface area (Å²) in [6.45, 7) is 4.32. The van der Waals surface area contributed by atoms with Crippen LogP contribution in [0.15, 0.2) is 42.5 Å². The van der Waals surface area contributed by atoms with E-state index in [1.54, 1.807) is 7.11 Å². The van der Waals surface area contributed by atoms with Gasteiger partial charge >= 0.3 is 0 Å². The molecule has 1 heterocycles. The van der Waals surface area contributed by atoms with Gasteiger partial charge in [0.1, 0.15) is 0 Å². The molecule has 1 saturated heterocycles. The zero-order chi connectivity index (χ0) is 19.3. The fraction of sp³-hybridized carbons (Fsp3) is 0.520. The predicted octanol–water partition coefficient (Wildman–Crippen LogP) is 5.26. The van der Waals surface area contributed by atoms with E-state index in [1.807, 2.05) is 0 Å². The highest BCUT2D eigenvalue weighted by atomic mass is 16.5. The quantitative estimate of drug-likeness (QED) is 0.742. The molecule has 1 aliphatic carbocycles. The Labute approximate surface area is 169 Å². The maximum Gasteiger partial charge on any atom is 0.161 e. The summed E-state index contributed by atoms with van der Waals surface area (Å²) >= 11 is 0. The second-order valence-electron chi connectivity index (χ2n) is 8.58. The number of nitrogens with one attached hydrogen (secondary N) is 1. The van der Waals surface area contributed by atoms with Crippen LogP contribution in [0.25, 0.3) is 0 Å². The van der Waals surface area contributed by atoms with Crippen molar-refractivity contribution < 1.29 is 9.47 Å². The monoisotopic (exact) mass is 379 g/mol. The van der Waals surface area contributed by atoms with Crippen molar-refractivity contribution in [2.24, 2.45) is 5.92 Å². The molecule has 2 fully saturated rings. The largest absolute Gasteiger partial charge is 0.493 e. The van der Waals surface area contributed by atoms with E-state index < -0.39 is 0 Å². The first kappa shape index (κ1) is 19.3. The van der Waals surface area contributed by atoms with Crippen molar-refractivity contribution in [1.29, 1.82) is 0 Å². The van der Waals surface area contributed by atoms with E-state index in [1.165, 1.54) is 36.0 Å². The van der Waals surface area contributed by atoms with Crippen LogP contribution in [0.1, 0.15) is 54.7 Å². The summed E-state index contributed by atoms with van der Waals surface area (Å²) in [6.07, 6.45) is 7.60. The molecule has 0 unspecified atom stereocenters. The number of aryl methyl sites for hydroxylation is 1.